The quantitative estimate of drug-likeness (QED) is 0.0764. The summed E-state index contributed by atoms with van der Waals surface area (Å²) in [6.45, 7) is 4.48. The number of carbonyl (C=O) groups is 3. The van der Waals surface area contributed by atoms with Gasteiger partial charge in [-0.1, -0.05) is 136 Å². The van der Waals surface area contributed by atoms with Crippen LogP contribution in [0.4, 0.5) is 0 Å². The molecule has 0 aliphatic rings. The Morgan fingerprint density at radius 1 is 0.424 bits per heavy atom. The van der Waals surface area contributed by atoms with E-state index < -0.39 is 11.9 Å². The number of ketones is 1. The Morgan fingerprint density at radius 2 is 0.758 bits per heavy atom. The van der Waals surface area contributed by atoms with Crippen molar-refractivity contribution in [2.75, 3.05) is 0 Å². The number of hydrogen-bond acceptors (Lipinski definition) is 4. The van der Waals surface area contributed by atoms with Crippen molar-refractivity contribution in [3.63, 3.8) is 0 Å². The Kier molecular flexibility index (Phi) is 24.5. The fraction of sp³-hybridized carbons (Fsp3) is 0.897. The predicted octanol–water partition coefficient (Wildman–Crippen LogP) is 9.03. The van der Waals surface area contributed by atoms with Crippen LogP contribution in [0.2, 0.25) is 0 Å². The average molecular weight is 467 g/mol. The summed E-state index contributed by atoms with van der Waals surface area (Å²) >= 11 is 0. The molecule has 0 N–H and O–H groups in total. The highest BCUT2D eigenvalue weighted by molar-refractivity contribution is 5.99. The van der Waals surface area contributed by atoms with Crippen LogP contribution in [-0.4, -0.2) is 17.7 Å². The number of Topliss-reactive ketones (excluding diaryl/α,β-unsaturated/α-hetero) is 1. The molecule has 0 heterocycles. The molecule has 0 aliphatic carbocycles. The third kappa shape index (κ3) is 25.3. The number of esters is 2. The molecule has 0 unspecified atom stereocenters. The number of hydrogen-bond donors (Lipinski definition) is 0. The van der Waals surface area contributed by atoms with E-state index in [2.05, 4.69) is 13.8 Å². The molecule has 0 aliphatic heterocycles. The van der Waals surface area contributed by atoms with E-state index in [4.69, 9.17) is 4.74 Å². The molecule has 194 valence electrons. The smallest absolute Gasteiger partial charge is 0.320 e. The van der Waals surface area contributed by atoms with Crippen LogP contribution in [0.25, 0.3) is 0 Å². The van der Waals surface area contributed by atoms with Gasteiger partial charge in [0.1, 0.15) is 12.2 Å². The van der Waals surface area contributed by atoms with E-state index in [0.717, 1.165) is 38.5 Å². The van der Waals surface area contributed by atoms with Crippen molar-refractivity contribution in [2.45, 2.75) is 168 Å². The standard InChI is InChI=1S/C29H54O4/c1-3-5-7-9-11-13-15-17-19-21-23-25-28(31)33-29(32)26-27(30)24-22-20-18-16-14-12-10-8-6-4-2/h3-26H2,1-2H3. The maximum Gasteiger partial charge on any atom is 0.320 e. The topological polar surface area (TPSA) is 60.4 Å². The zero-order chi connectivity index (χ0) is 24.4. The van der Waals surface area contributed by atoms with Gasteiger partial charge in [-0.2, -0.15) is 0 Å². The van der Waals surface area contributed by atoms with Gasteiger partial charge in [-0.25, -0.2) is 0 Å². The van der Waals surface area contributed by atoms with Gasteiger partial charge in [0.05, 0.1) is 0 Å². The minimum Gasteiger partial charge on any atom is -0.393 e. The summed E-state index contributed by atoms with van der Waals surface area (Å²) in [7, 11) is 0. The Morgan fingerprint density at radius 3 is 1.15 bits per heavy atom. The normalized spacial score (nSPS) is 11.0. The van der Waals surface area contributed by atoms with Crippen molar-refractivity contribution in [3.05, 3.63) is 0 Å². The lowest BCUT2D eigenvalue weighted by Gasteiger charge is -2.04. The molecule has 4 nitrogen and oxygen atoms in total. The Hall–Kier alpha value is -1.19. The second-order valence-electron chi connectivity index (χ2n) is 9.78. The molecule has 0 fully saturated rings. The highest BCUT2D eigenvalue weighted by atomic mass is 16.6. The Bertz CT molecular complexity index is 472. The van der Waals surface area contributed by atoms with E-state index >= 15 is 0 Å². The van der Waals surface area contributed by atoms with Crippen LogP contribution in [0.5, 0.6) is 0 Å². The van der Waals surface area contributed by atoms with E-state index in [1.165, 1.54) is 96.3 Å². The summed E-state index contributed by atoms with van der Waals surface area (Å²) in [6, 6.07) is 0. The van der Waals surface area contributed by atoms with Gasteiger partial charge in [0, 0.05) is 12.8 Å². The number of ether oxygens (including phenoxy) is 1. The third-order valence-corrected chi connectivity index (χ3v) is 6.36. The monoisotopic (exact) mass is 466 g/mol. The summed E-state index contributed by atoms with van der Waals surface area (Å²) in [5.41, 5.74) is 0. The van der Waals surface area contributed by atoms with Gasteiger partial charge in [0.15, 0.2) is 0 Å². The van der Waals surface area contributed by atoms with Gasteiger partial charge >= 0.3 is 11.9 Å². The summed E-state index contributed by atoms with van der Waals surface area (Å²) in [6.07, 6.45) is 26.0. The van der Waals surface area contributed by atoms with Crippen LogP contribution in [0.1, 0.15) is 168 Å². The van der Waals surface area contributed by atoms with Crippen LogP contribution < -0.4 is 0 Å². The van der Waals surface area contributed by atoms with Crippen molar-refractivity contribution >= 4 is 17.7 Å². The van der Waals surface area contributed by atoms with Gasteiger partial charge in [-0.3, -0.25) is 14.4 Å². The van der Waals surface area contributed by atoms with Gasteiger partial charge in [-0.05, 0) is 12.8 Å². The molecule has 33 heavy (non-hydrogen) atoms. The number of rotatable bonds is 25. The van der Waals surface area contributed by atoms with E-state index in [-0.39, 0.29) is 18.6 Å². The zero-order valence-corrected chi connectivity index (χ0v) is 22.1. The molecular weight excluding hydrogens is 412 g/mol. The van der Waals surface area contributed by atoms with Crippen molar-refractivity contribution in [1.29, 1.82) is 0 Å². The van der Waals surface area contributed by atoms with E-state index in [1.807, 2.05) is 0 Å². The van der Waals surface area contributed by atoms with Gasteiger partial charge in [0.25, 0.3) is 0 Å². The van der Waals surface area contributed by atoms with Crippen LogP contribution >= 0.6 is 0 Å². The molecule has 0 saturated heterocycles. The minimum absolute atomic E-state index is 0.109. The van der Waals surface area contributed by atoms with Crippen molar-refractivity contribution in [1.82, 2.24) is 0 Å². The number of carbonyl (C=O) groups excluding carboxylic acids is 3. The molecule has 0 rings (SSSR count). The highest BCUT2D eigenvalue weighted by Crippen LogP contribution is 2.13. The third-order valence-electron chi connectivity index (χ3n) is 6.36. The maximum absolute atomic E-state index is 11.9. The largest absolute Gasteiger partial charge is 0.393 e. The maximum atomic E-state index is 11.9. The Balaban J connectivity index is 3.46. The van der Waals surface area contributed by atoms with Crippen LogP contribution in [0.15, 0.2) is 0 Å². The van der Waals surface area contributed by atoms with E-state index in [1.54, 1.807) is 0 Å². The molecule has 4 heteroatoms. The van der Waals surface area contributed by atoms with Gasteiger partial charge in [0.2, 0.25) is 0 Å². The Labute approximate surface area is 205 Å². The predicted molar refractivity (Wildman–Crippen MR) is 138 cm³/mol. The molecule has 0 atom stereocenters. The lowest BCUT2D eigenvalue weighted by atomic mass is 10.0. The van der Waals surface area contributed by atoms with E-state index in [0.29, 0.717) is 6.42 Å². The number of unbranched alkanes of at least 4 members (excludes halogenated alkanes) is 19. The second-order valence-corrected chi connectivity index (χ2v) is 9.78. The fourth-order valence-electron chi connectivity index (χ4n) is 4.21. The SMILES string of the molecule is CCCCCCCCCCCCCC(=O)OC(=O)CC(=O)CCCCCCCCCCCC. The van der Waals surface area contributed by atoms with Gasteiger partial charge < -0.3 is 4.74 Å². The average Bonchev–Trinajstić information content (AvgIpc) is 2.78. The summed E-state index contributed by atoms with van der Waals surface area (Å²) in [5.74, 6) is -1.27. The molecular formula is C29H54O4. The minimum atomic E-state index is -0.680. The first kappa shape index (κ1) is 31.8. The molecule has 0 aromatic carbocycles. The lowest BCUT2D eigenvalue weighted by molar-refractivity contribution is -0.160. The fourth-order valence-corrected chi connectivity index (χ4v) is 4.21. The van der Waals surface area contributed by atoms with Crippen molar-refractivity contribution < 1.29 is 19.1 Å². The first-order chi connectivity index (χ1) is 16.1. The summed E-state index contributed by atoms with van der Waals surface area (Å²) in [4.78, 5) is 35.5. The first-order valence-electron chi connectivity index (χ1n) is 14.3. The summed E-state index contributed by atoms with van der Waals surface area (Å²) < 4.78 is 4.81. The molecule has 0 spiro atoms. The second kappa shape index (κ2) is 25.4. The highest BCUT2D eigenvalue weighted by Gasteiger charge is 2.14. The van der Waals surface area contributed by atoms with Crippen molar-refractivity contribution in [3.8, 4) is 0 Å². The molecule has 0 aromatic rings. The molecule has 0 bridgehead atoms. The van der Waals surface area contributed by atoms with E-state index in [9.17, 15) is 14.4 Å². The zero-order valence-electron chi connectivity index (χ0n) is 22.1. The van der Waals surface area contributed by atoms with Crippen LogP contribution in [0.3, 0.4) is 0 Å². The van der Waals surface area contributed by atoms with Crippen molar-refractivity contribution in [2.24, 2.45) is 0 Å². The van der Waals surface area contributed by atoms with Gasteiger partial charge in [-0.15, -0.1) is 0 Å². The molecule has 0 saturated carbocycles. The molecule has 0 aromatic heterocycles. The van der Waals surface area contributed by atoms with Crippen LogP contribution in [-0.2, 0) is 19.1 Å². The lowest BCUT2D eigenvalue weighted by Crippen LogP contribution is -2.15. The van der Waals surface area contributed by atoms with Crippen LogP contribution in [0, 0.1) is 0 Å². The summed E-state index contributed by atoms with van der Waals surface area (Å²) in [5, 5.41) is 0. The molecule has 0 radical (unpaired) electrons. The first-order valence-corrected chi connectivity index (χ1v) is 14.3. The molecule has 0 amide bonds.